The molecule has 0 amide bonds. The van der Waals surface area contributed by atoms with Crippen molar-refractivity contribution in [1.82, 2.24) is 35.5 Å². The molecule has 0 saturated carbocycles. The number of alkyl halides is 5. The van der Waals surface area contributed by atoms with Crippen molar-refractivity contribution < 1.29 is 36.2 Å². The third kappa shape index (κ3) is 15.8. The van der Waals surface area contributed by atoms with Gasteiger partial charge in [-0.2, -0.15) is 23.4 Å². The maximum atomic E-state index is 14.1. The molecule has 2 aromatic carbocycles. The van der Waals surface area contributed by atoms with Crippen LogP contribution in [0.5, 0.6) is 5.75 Å². The highest BCUT2D eigenvalue weighted by Crippen LogP contribution is 2.37. The molecule has 0 unspecified atom stereocenters. The van der Waals surface area contributed by atoms with E-state index in [2.05, 4.69) is 63.2 Å². The van der Waals surface area contributed by atoms with E-state index in [0.29, 0.717) is 30.1 Å². The van der Waals surface area contributed by atoms with Crippen LogP contribution in [0.25, 0.3) is 22.5 Å². The monoisotopic (exact) mass is 805 g/mol. The van der Waals surface area contributed by atoms with Crippen LogP contribution >= 0.6 is 0 Å². The van der Waals surface area contributed by atoms with Crippen molar-refractivity contribution in [3.05, 3.63) is 76.6 Å². The number of H-pyrrole nitrogens is 2. The molecular weight excluding hydrogens is 745 g/mol. The Kier molecular flexibility index (Phi) is 18.6. The quantitative estimate of drug-likeness (QED) is 0.0435. The molecule has 57 heavy (non-hydrogen) atoms. The second kappa shape index (κ2) is 22.6. The van der Waals surface area contributed by atoms with Gasteiger partial charge in [0.15, 0.2) is 0 Å². The van der Waals surface area contributed by atoms with E-state index >= 15 is 0 Å². The van der Waals surface area contributed by atoms with Crippen LogP contribution in [0, 0.1) is 5.92 Å². The molecule has 0 bridgehead atoms. The number of nitrogens with one attached hydrogen (secondary N) is 3. The van der Waals surface area contributed by atoms with Crippen LogP contribution in [0.15, 0.2) is 48.8 Å². The highest BCUT2D eigenvalue weighted by atomic mass is 19.4. The summed E-state index contributed by atoms with van der Waals surface area (Å²) in [6.45, 7) is 11.4. The van der Waals surface area contributed by atoms with Crippen molar-refractivity contribution in [2.24, 2.45) is 5.92 Å². The van der Waals surface area contributed by atoms with E-state index in [1.165, 1.54) is 13.2 Å². The van der Waals surface area contributed by atoms with Gasteiger partial charge in [0.25, 0.3) is 5.92 Å². The second-order valence-electron chi connectivity index (χ2n) is 15.0. The Labute approximate surface area is 333 Å². The molecule has 15 heteroatoms. The first-order chi connectivity index (χ1) is 26.9. The summed E-state index contributed by atoms with van der Waals surface area (Å²) in [7, 11) is 7.14. The molecule has 4 aromatic rings. The number of halogens is 5. The smallest absolute Gasteiger partial charge is 0.416 e. The number of ether oxygens (including phenoxy) is 2. The Hall–Kier alpha value is -4.34. The zero-order chi connectivity index (χ0) is 42.2. The van der Waals surface area contributed by atoms with Gasteiger partial charge in [0.2, 0.25) is 0 Å². The number of aromatic amines is 2. The van der Waals surface area contributed by atoms with E-state index in [-0.39, 0.29) is 24.3 Å². The Morgan fingerprint density at radius 2 is 1.46 bits per heavy atom. The number of carbonyl (C=O) groups excluding carboxylic acids is 1. The van der Waals surface area contributed by atoms with Gasteiger partial charge in [0.1, 0.15) is 5.75 Å². The van der Waals surface area contributed by atoms with Crippen LogP contribution in [0.1, 0.15) is 87.6 Å². The van der Waals surface area contributed by atoms with Crippen molar-refractivity contribution in [3.8, 4) is 28.3 Å². The van der Waals surface area contributed by atoms with Crippen molar-refractivity contribution in [2.75, 3.05) is 54.5 Å². The summed E-state index contributed by atoms with van der Waals surface area (Å²) < 4.78 is 78.4. The maximum absolute atomic E-state index is 14.1. The number of aryl methyl sites for hydroxylation is 1. The van der Waals surface area contributed by atoms with Crippen LogP contribution in [0.3, 0.4) is 0 Å². The van der Waals surface area contributed by atoms with E-state index in [1.54, 1.807) is 18.3 Å². The van der Waals surface area contributed by atoms with Gasteiger partial charge in [0, 0.05) is 67.3 Å². The van der Waals surface area contributed by atoms with Gasteiger partial charge in [0.05, 0.1) is 43.1 Å². The molecule has 0 fully saturated rings. The van der Waals surface area contributed by atoms with Crippen LogP contribution in [-0.4, -0.2) is 90.7 Å². The molecular formula is C42H60F5N7O3. The molecule has 2 heterocycles. The first-order valence-corrected chi connectivity index (χ1v) is 19.5. The number of hydrogen-bond donors (Lipinski definition) is 3. The molecule has 0 atom stereocenters. The molecule has 10 nitrogen and oxygen atoms in total. The molecule has 0 radical (unpaired) electrons. The summed E-state index contributed by atoms with van der Waals surface area (Å²) in [4.78, 5) is 15.5. The molecule has 3 N–H and O–H groups in total. The van der Waals surface area contributed by atoms with Crippen LogP contribution in [0.2, 0.25) is 0 Å². The van der Waals surface area contributed by atoms with Gasteiger partial charge in [-0.15, -0.1) is 0 Å². The Bertz CT molecular complexity index is 1800. The van der Waals surface area contributed by atoms with Crippen molar-refractivity contribution >= 4 is 5.97 Å². The number of esters is 1. The fraction of sp³-hybridized carbons (Fsp3) is 0.548. The lowest BCUT2D eigenvalue weighted by Gasteiger charge is -2.18. The van der Waals surface area contributed by atoms with E-state index in [1.807, 2.05) is 31.3 Å². The van der Waals surface area contributed by atoms with Crippen LogP contribution in [-0.2, 0) is 41.1 Å². The largest absolute Gasteiger partial charge is 0.494 e. The minimum Gasteiger partial charge on any atom is -0.494 e. The number of methoxy groups -OCH3 is 1. The fourth-order valence-electron chi connectivity index (χ4n) is 6.02. The van der Waals surface area contributed by atoms with E-state index in [0.717, 1.165) is 98.9 Å². The van der Waals surface area contributed by atoms with E-state index in [9.17, 15) is 26.7 Å². The molecule has 0 saturated heterocycles. The van der Waals surface area contributed by atoms with Gasteiger partial charge < -0.3 is 24.6 Å². The Morgan fingerprint density at radius 1 is 0.860 bits per heavy atom. The van der Waals surface area contributed by atoms with Gasteiger partial charge in [-0.1, -0.05) is 27.2 Å². The van der Waals surface area contributed by atoms with Crippen molar-refractivity contribution in [2.45, 2.75) is 91.4 Å². The number of benzene rings is 2. The molecule has 2 aromatic heterocycles. The zero-order valence-electron chi connectivity index (χ0n) is 34.6. The molecule has 316 valence electrons. The van der Waals surface area contributed by atoms with E-state index < -0.39 is 23.6 Å². The summed E-state index contributed by atoms with van der Waals surface area (Å²) in [5.74, 6) is -2.64. The van der Waals surface area contributed by atoms with Gasteiger partial charge in [-0.3, -0.25) is 15.0 Å². The van der Waals surface area contributed by atoms with Crippen LogP contribution < -0.4 is 10.1 Å². The lowest BCUT2D eigenvalue weighted by Crippen LogP contribution is -2.27. The molecule has 0 aliphatic rings. The summed E-state index contributed by atoms with van der Waals surface area (Å²) in [5.41, 5.74) is 4.52. The van der Waals surface area contributed by atoms with Crippen molar-refractivity contribution in [3.63, 3.8) is 0 Å². The zero-order valence-corrected chi connectivity index (χ0v) is 34.6. The lowest BCUT2D eigenvalue weighted by atomic mass is 9.95. The fourth-order valence-corrected chi connectivity index (χ4v) is 6.02. The third-order valence-corrected chi connectivity index (χ3v) is 9.30. The summed E-state index contributed by atoms with van der Waals surface area (Å²) in [6, 6.07) is 8.85. The predicted octanol–water partition coefficient (Wildman–Crippen LogP) is 9.09. The molecule has 0 aliphatic carbocycles. The maximum Gasteiger partial charge on any atom is 0.416 e. The standard InChI is InChI=1S/C22H33F2N3.C20H27F3N4O3/c1-6-7-10-27(5)15-19-14-25-26-21(19)18-11-17(9-8-16(2)3)12-20(13-18)22(4,23)24;1-24-6-7-27(2)13-15-12-25-26-19(15)14-9-16(20(21,22)23)11-17(10-14)30-8-4-5-18(28)29-3/h11-14,16H,6-10,15H2,1-5H3,(H,25,26);9-12,24H,4-8,13H2,1-3H3,(H,25,26). The summed E-state index contributed by atoms with van der Waals surface area (Å²) >= 11 is 0. The topological polar surface area (TPSA) is 111 Å². The normalized spacial score (nSPS) is 12.0. The second-order valence-corrected chi connectivity index (χ2v) is 15.0. The molecule has 0 spiro atoms. The average molecular weight is 806 g/mol. The van der Waals surface area contributed by atoms with Gasteiger partial charge in [-0.05, 0) is 101 Å². The number of rotatable bonds is 21. The number of aromatic nitrogens is 4. The van der Waals surface area contributed by atoms with Gasteiger partial charge >= 0.3 is 12.1 Å². The minimum absolute atomic E-state index is 0.0682. The van der Waals surface area contributed by atoms with Gasteiger partial charge in [-0.25, -0.2) is 8.78 Å². The number of hydrogen-bond acceptors (Lipinski definition) is 8. The Morgan fingerprint density at radius 3 is 2.00 bits per heavy atom. The van der Waals surface area contributed by atoms with E-state index in [4.69, 9.17) is 4.74 Å². The number of unbranched alkanes of at least 4 members (excludes halogenated alkanes) is 1. The predicted molar refractivity (Wildman–Crippen MR) is 214 cm³/mol. The summed E-state index contributed by atoms with van der Waals surface area (Å²) in [5, 5.41) is 17.1. The Balaban J connectivity index is 0.000000307. The average Bonchev–Trinajstić information content (AvgIpc) is 3.83. The summed E-state index contributed by atoms with van der Waals surface area (Å²) in [6.07, 6.45) is 3.43. The van der Waals surface area contributed by atoms with Crippen molar-refractivity contribution in [1.29, 1.82) is 0 Å². The lowest BCUT2D eigenvalue weighted by molar-refractivity contribution is -0.141. The highest BCUT2D eigenvalue weighted by molar-refractivity contribution is 5.69. The highest BCUT2D eigenvalue weighted by Gasteiger charge is 2.32. The number of likely N-dealkylation sites (N-methyl/N-ethyl adjacent to an activating group) is 2. The third-order valence-electron chi connectivity index (χ3n) is 9.30. The number of nitrogens with zero attached hydrogens (tertiary/aromatic N) is 4. The molecule has 4 rings (SSSR count). The minimum atomic E-state index is -4.52. The molecule has 0 aliphatic heterocycles. The number of carbonyl (C=O) groups is 1. The van der Waals surface area contributed by atoms with Crippen LogP contribution in [0.4, 0.5) is 22.0 Å². The first-order valence-electron chi connectivity index (χ1n) is 19.5. The first kappa shape index (κ1) is 47.0. The SMILES string of the molecule is CCCCN(C)Cc1cn[nH]c1-c1cc(CCC(C)C)cc(C(C)(F)F)c1.CNCCN(C)Cc1cn[nH]c1-c1cc(OCCCC(=O)OC)cc(C(F)(F)F)c1.